The van der Waals surface area contributed by atoms with Crippen LogP contribution in [0, 0.1) is 18.3 Å². The highest BCUT2D eigenvalue weighted by atomic mass is 35.5. The van der Waals surface area contributed by atoms with E-state index in [1.807, 2.05) is 19.1 Å². The zero-order chi connectivity index (χ0) is 31.5. The van der Waals surface area contributed by atoms with E-state index < -0.39 is 17.7 Å². The van der Waals surface area contributed by atoms with Crippen molar-refractivity contribution in [2.24, 2.45) is 0 Å². The molecule has 1 atom stereocenters. The van der Waals surface area contributed by atoms with Gasteiger partial charge in [-0.3, -0.25) is 4.79 Å². The number of amides is 1. The summed E-state index contributed by atoms with van der Waals surface area (Å²) in [6.45, 7) is 12.4. The summed E-state index contributed by atoms with van der Waals surface area (Å²) in [5.74, 6) is -1.09. The van der Waals surface area contributed by atoms with E-state index in [4.69, 9.17) is 26.2 Å². The van der Waals surface area contributed by atoms with Crippen molar-refractivity contribution in [1.82, 2.24) is 20.4 Å². The molecule has 1 unspecified atom stereocenters. The van der Waals surface area contributed by atoms with Gasteiger partial charge in [0.05, 0.1) is 28.6 Å². The van der Waals surface area contributed by atoms with Crippen LogP contribution in [-0.4, -0.2) is 52.9 Å². The molecule has 43 heavy (non-hydrogen) atoms. The van der Waals surface area contributed by atoms with Gasteiger partial charge in [-0.1, -0.05) is 30.7 Å². The lowest BCUT2D eigenvalue weighted by atomic mass is 9.90. The first-order valence-corrected chi connectivity index (χ1v) is 14.6. The Labute approximate surface area is 256 Å². The normalized spacial score (nSPS) is 13.4. The van der Waals surface area contributed by atoms with Gasteiger partial charge in [0.2, 0.25) is 0 Å². The maximum absolute atomic E-state index is 13.8. The number of nitrogens with zero attached hydrogens (tertiary/aromatic N) is 3. The van der Waals surface area contributed by atoms with E-state index in [-0.39, 0.29) is 35.4 Å². The second kappa shape index (κ2) is 13.0. The van der Waals surface area contributed by atoms with Crippen molar-refractivity contribution in [2.45, 2.75) is 66.0 Å². The van der Waals surface area contributed by atoms with Gasteiger partial charge >= 0.3 is 12.1 Å². The molecule has 226 valence electrons. The zero-order valence-corrected chi connectivity index (χ0v) is 26.0. The molecule has 2 heterocycles. The number of nitriles is 1. The minimum absolute atomic E-state index is 0.185. The van der Waals surface area contributed by atoms with Gasteiger partial charge in [-0.05, 0) is 63.9 Å². The topological polar surface area (TPSA) is 135 Å². The number of benzene rings is 2. The number of nitrogens with one attached hydrogen (secondary N) is 2. The molecule has 0 saturated heterocycles. The number of esters is 1. The summed E-state index contributed by atoms with van der Waals surface area (Å²) in [7, 11) is 0. The Morgan fingerprint density at radius 3 is 2.65 bits per heavy atom. The molecule has 2 N–H and O–H groups in total. The minimum Gasteiger partial charge on any atom is -0.461 e. The van der Waals surface area contributed by atoms with Crippen LogP contribution in [0.3, 0.4) is 0 Å². The minimum atomic E-state index is -0.652. The predicted molar refractivity (Wildman–Crippen MR) is 162 cm³/mol. The standard InChI is InChI=1S/C32H36ClN5O5/c1-7-42-30(40)28-24-17-35-13-12-26(24)37-38(28)27-19(3)23(29(39)20-8-11-25(33)21(14-20)15-34)10-9-22(27)18(2)16-36-31(41)43-32(4,5)6/h8-11,14,18,35H,7,12-13,16-17H2,1-6H3,(H,36,41). The van der Waals surface area contributed by atoms with E-state index in [9.17, 15) is 19.6 Å². The Hall–Kier alpha value is -4.20. The molecular weight excluding hydrogens is 570 g/mol. The third-order valence-corrected chi connectivity index (χ3v) is 7.46. The summed E-state index contributed by atoms with van der Waals surface area (Å²) < 4.78 is 12.4. The Bertz CT molecular complexity index is 1620. The second-order valence-corrected chi connectivity index (χ2v) is 11.8. The van der Waals surface area contributed by atoms with Gasteiger partial charge in [0.1, 0.15) is 11.7 Å². The van der Waals surface area contributed by atoms with Crippen LogP contribution in [0.1, 0.15) is 94.9 Å². The van der Waals surface area contributed by atoms with Gasteiger partial charge in [0, 0.05) is 48.7 Å². The molecular formula is C32H36ClN5O5. The van der Waals surface area contributed by atoms with Crippen LogP contribution in [0.5, 0.6) is 0 Å². The van der Waals surface area contributed by atoms with Crippen LogP contribution < -0.4 is 10.6 Å². The fraction of sp³-hybridized carbons (Fsp3) is 0.406. The maximum atomic E-state index is 13.8. The summed E-state index contributed by atoms with van der Waals surface area (Å²) >= 11 is 6.12. The Morgan fingerprint density at radius 2 is 1.98 bits per heavy atom. The van der Waals surface area contributed by atoms with Crippen molar-refractivity contribution in [2.75, 3.05) is 19.7 Å². The van der Waals surface area contributed by atoms with Crippen LogP contribution in [0.4, 0.5) is 4.79 Å². The third kappa shape index (κ3) is 6.90. The lowest BCUT2D eigenvalue weighted by Crippen LogP contribution is -2.34. The predicted octanol–water partition coefficient (Wildman–Crippen LogP) is 5.39. The van der Waals surface area contributed by atoms with Crippen molar-refractivity contribution in [3.63, 3.8) is 0 Å². The summed E-state index contributed by atoms with van der Waals surface area (Å²) in [5.41, 5.74) is 3.94. The summed E-state index contributed by atoms with van der Waals surface area (Å²) in [6.07, 6.45) is 0.0763. The highest BCUT2D eigenvalue weighted by Crippen LogP contribution is 2.33. The molecule has 0 aliphatic carbocycles. The lowest BCUT2D eigenvalue weighted by Gasteiger charge is -2.23. The van der Waals surface area contributed by atoms with Crippen molar-refractivity contribution in [1.29, 1.82) is 5.26 Å². The molecule has 0 bridgehead atoms. The molecule has 11 heteroatoms. The number of fused-ring (bicyclic) bond motifs is 1. The molecule has 0 fully saturated rings. The summed E-state index contributed by atoms with van der Waals surface area (Å²) in [4.78, 5) is 39.6. The molecule has 0 radical (unpaired) electrons. The first-order chi connectivity index (χ1) is 20.4. The smallest absolute Gasteiger partial charge is 0.407 e. The van der Waals surface area contributed by atoms with Gasteiger partial charge in [-0.15, -0.1) is 0 Å². The summed E-state index contributed by atoms with van der Waals surface area (Å²) in [5, 5.41) is 20.7. The SMILES string of the molecule is CCOC(=O)c1c2c(nn1-c1c(C(C)CNC(=O)OC(C)(C)C)ccc(C(=O)c3ccc(Cl)c(C#N)c3)c1C)CCNC2. The number of hydrogen-bond acceptors (Lipinski definition) is 8. The van der Waals surface area contributed by atoms with Crippen molar-refractivity contribution < 1.29 is 23.9 Å². The highest BCUT2D eigenvalue weighted by Gasteiger charge is 2.31. The molecule has 3 aromatic rings. The van der Waals surface area contributed by atoms with E-state index >= 15 is 0 Å². The van der Waals surface area contributed by atoms with Gasteiger partial charge in [0.15, 0.2) is 11.5 Å². The number of alkyl carbamates (subject to hydrolysis) is 1. The monoisotopic (exact) mass is 605 g/mol. The largest absolute Gasteiger partial charge is 0.461 e. The fourth-order valence-electron chi connectivity index (χ4n) is 5.09. The van der Waals surface area contributed by atoms with Crippen LogP contribution >= 0.6 is 11.6 Å². The molecule has 10 nitrogen and oxygen atoms in total. The van der Waals surface area contributed by atoms with Gasteiger partial charge in [-0.2, -0.15) is 10.4 Å². The molecule has 0 saturated carbocycles. The van der Waals surface area contributed by atoms with Gasteiger partial charge in [-0.25, -0.2) is 14.3 Å². The van der Waals surface area contributed by atoms with Crippen molar-refractivity contribution in [3.8, 4) is 11.8 Å². The Kier molecular flexibility index (Phi) is 9.58. The molecule has 1 aliphatic heterocycles. The van der Waals surface area contributed by atoms with Crippen molar-refractivity contribution >= 4 is 29.4 Å². The van der Waals surface area contributed by atoms with E-state index in [1.54, 1.807) is 51.4 Å². The van der Waals surface area contributed by atoms with E-state index in [1.165, 1.54) is 12.1 Å². The van der Waals surface area contributed by atoms with E-state index in [0.29, 0.717) is 47.6 Å². The van der Waals surface area contributed by atoms with Crippen molar-refractivity contribution in [3.05, 3.63) is 80.1 Å². The van der Waals surface area contributed by atoms with Crippen LogP contribution in [0.15, 0.2) is 30.3 Å². The average molecular weight is 606 g/mol. The highest BCUT2D eigenvalue weighted by molar-refractivity contribution is 6.32. The van der Waals surface area contributed by atoms with E-state index in [2.05, 4.69) is 10.6 Å². The molecule has 2 aromatic carbocycles. The number of ketones is 1. The molecule has 1 aromatic heterocycles. The summed E-state index contributed by atoms with van der Waals surface area (Å²) in [6, 6.07) is 10.1. The number of ether oxygens (including phenoxy) is 2. The van der Waals surface area contributed by atoms with E-state index in [0.717, 1.165) is 16.8 Å². The number of halogens is 1. The first kappa shape index (κ1) is 31.7. The molecule has 4 rings (SSSR count). The van der Waals surface area contributed by atoms with Crippen LogP contribution in [0.2, 0.25) is 5.02 Å². The maximum Gasteiger partial charge on any atom is 0.407 e. The average Bonchev–Trinajstić information content (AvgIpc) is 3.34. The third-order valence-electron chi connectivity index (χ3n) is 7.13. The Balaban J connectivity index is 1.88. The fourth-order valence-corrected chi connectivity index (χ4v) is 5.25. The number of rotatable bonds is 8. The van der Waals surface area contributed by atoms with Crippen LogP contribution in [0.25, 0.3) is 5.69 Å². The second-order valence-electron chi connectivity index (χ2n) is 11.4. The Morgan fingerprint density at radius 1 is 1.23 bits per heavy atom. The number of carbonyl (C=O) groups excluding carboxylic acids is 3. The zero-order valence-electron chi connectivity index (χ0n) is 25.3. The number of aromatic nitrogens is 2. The number of hydrogen-bond donors (Lipinski definition) is 2. The lowest BCUT2D eigenvalue weighted by molar-refractivity contribution is 0.0508. The molecule has 0 spiro atoms. The number of carbonyl (C=O) groups is 3. The van der Waals surface area contributed by atoms with Crippen LogP contribution in [-0.2, 0) is 22.4 Å². The first-order valence-electron chi connectivity index (χ1n) is 14.2. The quantitative estimate of drug-likeness (QED) is 0.258. The van der Waals surface area contributed by atoms with Gasteiger partial charge in [0.25, 0.3) is 0 Å². The molecule has 1 aliphatic rings. The van der Waals surface area contributed by atoms with Gasteiger partial charge < -0.3 is 20.1 Å². The molecule has 1 amide bonds.